The zero-order valence-electron chi connectivity index (χ0n) is 9.19. The molecule has 17 heavy (non-hydrogen) atoms. The normalized spacial score (nSPS) is 15.1. The van der Waals surface area contributed by atoms with Crippen LogP contribution in [0, 0.1) is 5.92 Å². The van der Waals surface area contributed by atoms with Crippen molar-refractivity contribution < 1.29 is 10.0 Å². The van der Waals surface area contributed by atoms with Crippen LogP contribution in [0.25, 0.3) is 0 Å². The molecule has 1 aromatic rings. The fraction of sp³-hybridized carbons (Fsp3) is 0.333. The monoisotopic (exact) mass is 252 g/mol. The molecule has 0 spiro atoms. The van der Waals surface area contributed by atoms with E-state index in [-0.39, 0.29) is 11.8 Å². The fourth-order valence-corrected chi connectivity index (χ4v) is 1.78. The second-order valence-electron chi connectivity index (χ2n) is 4.09. The molecule has 0 aromatic heterocycles. The van der Waals surface area contributed by atoms with E-state index in [0.717, 1.165) is 24.0 Å². The Kier molecular flexibility index (Phi) is 3.64. The average Bonchev–Trinajstić information content (AvgIpc) is 3.12. The quantitative estimate of drug-likeness (QED) is 0.490. The van der Waals surface area contributed by atoms with Gasteiger partial charge in [-0.25, -0.2) is 0 Å². The van der Waals surface area contributed by atoms with Crippen molar-refractivity contribution in [2.45, 2.75) is 19.4 Å². The minimum atomic E-state index is 0.0991. The van der Waals surface area contributed by atoms with Crippen molar-refractivity contribution in [3.63, 3.8) is 0 Å². The molecule has 1 aliphatic rings. The molecule has 5 heteroatoms. The third-order valence-corrected chi connectivity index (χ3v) is 3.04. The van der Waals surface area contributed by atoms with Crippen LogP contribution in [0.2, 0.25) is 5.02 Å². The Bertz CT molecular complexity index is 456. The van der Waals surface area contributed by atoms with Gasteiger partial charge in [-0.1, -0.05) is 28.9 Å². The summed E-state index contributed by atoms with van der Waals surface area (Å²) in [6, 6.07) is 5.29. The first-order valence-corrected chi connectivity index (χ1v) is 5.82. The van der Waals surface area contributed by atoms with Gasteiger partial charge in [0.2, 0.25) is 5.91 Å². The summed E-state index contributed by atoms with van der Waals surface area (Å²) in [5.41, 5.74) is 1.57. The molecule has 0 saturated heterocycles. The first-order valence-electron chi connectivity index (χ1n) is 5.44. The van der Waals surface area contributed by atoms with Crippen molar-refractivity contribution in [2.75, 3.05) is 0 Å². The number of amides is 1. The number of nitrogens with zero attached hydrogens (tertiary/aromatic N) is 1. The van der Waals surface area contributed by atoms with Crippen molar-refractivity contribution in [2.24, 2.45) is 11.1 Å². The maximum Gasteiger partial charge on any atom is 0.223 e. The van der Waals surface area contributed by atoms with E-state index in [0.29, 0.717) is 11.6 Å². The van der Waals surface area contributed by atoms with Gasteiger partial charge >= 0.3 is 0 Å². The zero-order chi connectivity index (χ0) is 12.3. The van der Waals surface area contributed by atoms with Gasteiger partial charge in [-0.05, 0) is 30.0 Å². The van der Waals surface area contributed by atoms with Gasteiger partial charge in [0.1, 0.15) is 0 Å². The highest BCUT2D eigenvalue weighted by molar-refractivity contribution is 6.31. The van der Waals surface area contributed by atoms with Crippen LogP contribution < -0.4 is 5.32 Å². The van der Waals surface area contributed by atoms with E-state index in [1.165, 1.54) is 6.21 Å². The van der Waals surface area contributed by atoms with E-state index in [9.17, 15) is 4.79 Å². The molecule has 1 saturated carbocycles. The molecule has 4 nitrogen and oxygen atoms in total. The van der Waals surface area contributed by atoms with Gasteiger partial charge < -0.3 is 10.5 Å². The van der Waals surface area contributed by atoms with Gasteiger partial charge in [-0.3, -0.25) is 4.79 Å². The van der Waals surface area contributed by atoms with Crippen LogP contribution in [0.3, 0.4) is 0 Å². The van der Waals surface area contributed by atoms with Gasteiger partial charge in [0.25, 0.3) is 0 Å². The van der Waals surface area contributed by atoms with Crippen molar-refractivity contribution in [3.8, 4) is 0 Å². The molecule has 0 aliphatic heterocycles. The Morgan fingerprint density at radius 3 is 2.94 bits per heavy atom. The van der Waals surface area contributed by atoms with Crippen LogP contribution in [0.4, 0.5) is 0 Å². The molecule has 1 aromatic carbocycles. The minimum Gasteiger partial charge on any atom is -0.411 e. The van der Waals surface area contributed by atoms with Gasteiger partial charge in [-0.2, -0.15) is 0 Å². The molecule has 2 N–H and O–H groups in total. The Labute approximate surface area is 104 Å². The first-order chi connectivity index (χ1) is 8.20. The summed E-state index contributed by atoms with van der Waals surface area (Å²) in [5, 5.41) is 14.7. The van der Waals surface area contributed by atoms with Gasteiger partial charge in [0, 0.05) is 17.5 Å². The minimum absolute atomic E-state index is 0.0991. The molecule has 0 bridgehead atoms. The van der Waals surface area contributed by atoms with Crippen LogP contribution in [-0.4, -0.2) is 17.3 Å². The zero-order valence-corrected chi connectivity index (χ0v) is 9.94. The summed E-state index contributed by atoms with van der Waals surface area (Å²) in [6.45, 7) is 0.435. The summed E-state index contributed by atoms with van der Waals surface area (Å²) in [7, 11) is 0. The fourth-order valence-electron chi connectivity index (χ4n) is 1.53. The molecule has 0 atom stereocenters. The highest BCUT2D eigenvalue weighted by atomic mass is 35.5. The molecular weight excluding hydrogens is 240 g/mol. The molecule has 0 heterocycles. The van der Waals surface area contributed by atoms with Crippen molar-refractivity contribution in [3.05, 3.63) is 34.3 Å². The van der Waals surface area contributed by atoms with E-state index >= 15 is 0 Å². The molecule has 0 unspecified atom stereocenters. The number of nitrogens with one attached hydrogen (secondary N) is 1. The highest BCUT2D eigenvalue weighted by Gasteiger charge is 2.29. The topological polar surface area (TPSA) is 61.7 Å². The van der Waals surface area contributed by atoms with Crippen molar-refractivity contribution >= 4 is 23.7 Å². The third kappa shape index (κ3) is 3.20. The third-order valence-electron chi connectivity index (χ3n) is 2.69. The summed E-state index contributed by atoms with van der Waals surface area (Å²) in [5.74, 6) is 0.302. The van der Waals surface area contributed by atoms with E-state index < -0.39 is 0 Å². The lowest BCUT2D eigenvalue weighted by atomic mass is 10.1. The number of halogens is 1. The lowest BCUT2D eigenvalue weighted by molar-refractivity contribution is -0.122. The van der Waals surface area contributed by atoms with Crippen LogP contribution in [-0.2, 0) is 11.3 Å². The number of oxime groups is 1. The van der Waals surface area contributed by atoms with Crippen LogP contribution in [0.1, 0.15) is 24.0 Å². The van der Waals surface area contributed by atoms with E-state index in [1.54, 1.807) is 12.1 Å². The van der Waals surface area contributed by atoms with Crippen molar-refractivity contribution in [1.82, 2.24) is 5.32 Å². The molecule has 1 aliphatic carbocycles. The molecule has 2 rings (SSSR count). The number of rotatable bonds is 4. The predicted octanol–water partition coefficient (Wildman–Crippen LogP) is 2.17. The summed E-state index contributed by atoms with van der Waals surface area (Å²) >= 11 is 6.05. The predicted molar refractivity (Wildman–Crippen MR) is 65.4 cm³/mol. The molecule has 0 radical (unpaired) electrons. The SMILES string of the molecule is O=C(NCc1ccc(/C=N\O)cc1Cl)C1CC1. The lowest BCUT2D eigenvalue weighted by Gasteiger charge is -2.06. The number of hydrogen-bond acceptors (Lipinski definition) is 3. The Morgan fingerprint density at radius 1 is 1.59 bits per heavy atom. The maximum absolute atomic E-state index is 11.5. The first kappa shape index (κ1) is 11.9. The van der Waals surface area contributed by atoms with Crippen molar-refractivity contribution in [1.29, 1.82) is 0 Å². The average molecular weight is 253 g/mol. The molecule has 1 fully saturated rings. The second kappa shape index (κ2) is 5.19. The standard InChI is InChI=1S/C12H13ClN2O2/c13-11-5-8(6-15-17)1-2-10(11)7-14-12(16)9-3-4-9/h1-2,5-6,9,17H,3-4,7H2,(H,14,16)/b15-6-. The molecule has 1 amide bonds. The lowest BCUT2D eigenvalue weighted by Crippen LogP contribution is -2.24. The number of carbonyl (C=O) groups excluding carboxylic acids is 1. The molecule has 90 valence electrons. The Balaban J connectivity index is 1.98. The highest BCUT2D eigenvalue weighted by Crippen LogP contribution is 2.29. The van der Waals surface area contributed by atoms with Gasteiger partial charge in [-0.15, -0.1) is 0 Å². The van der Waals surface area contributed by atoms with Crippen LogP contribution >= 0.6 is 11.6 Å². The summed E-state index contributed by atoms with van der Waals surface area (Å²) in [4.78, 5) is 11.5. The smallest absolute Gasteiger partial charge is 0.223 e. The molecular formula is C12H13ClN2O2. The van der Waals surface area contributed by atoms with Crippen LogP contribution in [0.5, 0.6) is 0 Å². The second-order valence-corrected chi connectivity index (χ2v) is 4.49. The Morgan fingerprint density at radius 2 is 2.35 bits per heavy atom. The summed E-state index contributed by atoms with van der Waals surface area (Å²) in [6.07, 6.45) is 3.29. The van der Waals surface area contributed by atoms with Gasteiger partial charge in [0.15, 0.2) is 0 Å². The van der Waals surface area contributed by atoms with E-state index in [1.807, 2.05) is 6.07 Å². The number of carbonyl (C=O) groups is 1. The van der Waals surface area contributed by atoms with E-state index in [2.05, 4.69) is 10.5 Å². The van der Waals surface area contributed by atoms with Crippen LogP contribution in [0.15, 0.2) is 23.4 Å². The number of benzene rings is 1. The van der Waals surface area contributed by atoms with Gasteiger partial charge in [0.05, 0.1) is 6.21 Å². The Hall–Kier alpha value is -1.55. The largest absolute Gasteiger partial charge is 0.411 e. The van der Waals surface area contributed by atoms with E-state index in [4.69, 9.17) is 16.8 Å². The maximum atomic E-state index is 11.5. The summed E-state index contributed by atoms with van der Waals surface area (Å²) < 4.78 is 0. The number of hydrogen-bond donors (Lipinski definition) is 2.